The summed E-state index contributed by atoms with van der Waals surface area (Å²) in [7, 11) is -7.12. The molecule has 0 saturated heterocycles. The summed E-state index contributed by atoms with van der Waals surface area (Å²) in [4.78, 5) is 0. The number of anilines is 1. The Morgan fingerprint density at radius 1 is 1.04 bits per heavy atom. The molecule has 0 radical (unpaired) electrons. The highest BCUT2D eigenvalue weighted by molar-refractivity contribution is 7.92. The van der Waals surface area contributed by atoms with E-state index in [-0.39, 0.29) is 19.1 Å². The van der Waals surface area contributed by atoms with Crippen molar-refractivity contribution >= 4 is 25.8 Å². The number of ether oxygens (including phenoxy) is 1. The third kappa shape index (κ3) is 5.00. The number of hydrogen-bond donors (Lipinski definition) is 0. The fourth-order valence-corrected chi connectivity index (χ4v) is 4.35. The summed E-state index contributed by atoms with van der Waals surface area (Å²) < 4.78 is 58.8. The minimum Gasteiger partial charge on any atom is -0.489 e. The summed E-state index contributed by atoms with van der Waals surface area (Å²) in [5.74, 6) is 0.170. The second kappa shape index (κ2) is 7.49. The first-order valence-corrected chi connectivity index (χ1v) is 11.9. The Bertz CT molecular complexity index is 1020. The van der Waals surface area contributed by atoms with Gasteiger partial charge in [0.2, 0.25) is 10.0 Å². The van der Waals surface area contributed by atoms with Crippen LogP contribution in [0.2, 0.25) is 0 Å². The largest absolute Gasteiger partial charge is 0.489 e. The first-order valence-electron chi connectivity index (χ1n) is 8.26. The van der Waals surface area contributed by atoms with Crippen LogP contribution in [0.1, 0.15) is 17.0 Å². The predicted molar refractivity (Wildman–Crippen MR) is 103 cm³/mol. The first kappa shape index (κ1) is 19.7. The van der Waals surface area contributed by atoms with Gasteiger partial charge in [-0.2, -0.15) is 8.42 Å². The molecule has 27 heavy (non-hydrogen) atoms. The highest BCUT2D eigenvalue weighted by Crippen LogP contribution is 2.40. The van der Waals surface area contributed by atoms with Crippen molar-refractivity contribution in [1.29, 1.82) is 0 Å². The van der Waals surface area contributed by atoms with Gasteiger partial charge in [0, 0.05) is 18.5 Å². The summed E-state index contributed by atoms with van der Waals surface area (Å²) >= 11 is 0. The van der Waals surface area contributed by atoms with E-state index in [1.165, 1.54) is 4.31 Å². The Labute approximate surface area is 159 Å². The predicted octanol–water partition coefficient (Wildman–Crippen LogP) is 2.10. The number of rotatable bonds is 7. The van der Waals surface area contributed by atoms with Crippen LogP contribution in [0.4, 0.5) is 5.69 Å². The molecule has 0 saturated carbocycles. The van der Waals surface area contributed by atoms with Crippen molar-refractivity contribution in [3.05, 3.63) is 59.7 Å². The molecule has 0 aromatic heterocycles. The van der Waals surface area contributed by atoms with Crippen LogP contribution in [-0.4, -0.2) is 42.5 Å². The molecule has 0 amide bonds. The molecule has 7 nitrogen and oxygen atoms in total. The summed E-state index contributed by atoms with van der Waals surface area (Å²) in [6.07, 6.45) is 2.09. The first-order chi connectivity index (χ1) is 12.6. The van der Waals surface area contributed by atoms with E-state index >= 15 is 0 Å². The van der Waals surface area contributed by atoms with Gasteiger partial charge in [-0.15, -0.1) is 0 Å². The molecule has 1 aliphatic heterocycles. The van der Waals surface area contributed by atoms with E-state index in [0.29, 0.717) is 18.0 Å². The van der Waals surface area contributed by atoms with E-state index in [9.17, 15) is 16.8 Å². The van der Waals surface area contributed by atoms with Crippen LogP contribution in [0, 0.1) is 0 Å². The molecule has 0 bridgehead atoms. The van der Waals surface area contributed by atoms with E-state index in [0.717, 1.165) is 23.6 Å². The van der Waals surface area contributed by atoms with E-state index in [4.69, 9.17) is 8.92 Å². The van der Waals surface area contributed by atoms with Gasteiger partial charge >= 0.3 is 0 Å². The maximum Gasteiger partial charge on any atom is 0.264 e. The van der Waals surface area contributed by atoms with Gasteiger partial charge in [-0.25, -0.2) is 8.42 Å². The maximum absolute atomic E-state index is 12.2. The van der Waals surface area contributed by atoms with Crippen LogP contribution < -0.4 is 9.04 Å². The number of hydrogen-bond acceptors (Lipinski definition) is 6. The van der Waals surface area contributed by atoms with Crippen LogP contribution in [0.15, 0.2) is 48.5 Å². The van der Waals surface area contributed by atoms with Crippen molar-refractivity contribution < 1.29 is 25.8 Å². The van der Waals surface area contributed by atoms with Gasteiger partial charge in [-0.05, 0) is 17.2 Å². The van der Waals surface area contributed by atoms with Gasteiger partial charge in [0.15, 0.2) is 0 Å². The lowest BCUT2D eigenvalue weighted by Crippen LogP contribution is -2.29. The van der Waals surface area contributed by atoms with Crippen molar-refractivity contribution in [1.82, 2.24) is 0 Å². The molecule has 146 valence electrons. The Morgan fingerprint density at radius 2 is 1.74 bits per heavy atom. The van der Waals surface area contributed by atoms with Crippen LogP contribution in [0.25, 0.3) is 0 Å². The lowest BCUT2D eigenvalue weighted by atomic mass is 10.0. The number of benzene rings is 2. The average molecular weight is 412 g/mol. The lowest BCUT2D eigenvalue weighted by molar-refractivity contribution is 0.300. The quantitative estimate of drug-likeness (QED) is 0.648. The van der Waals surface area contributed by atoms with Gasteiger partial charge in [0.25, 0.3) is 10.1 Å². The molecule has 1 atom stereocenters. The van der Waals surface area contributed by atoms with Crippen molar-refractivity contribution in [2.45, 2.75) is 12.5 Å². The molecule has 3 rings (SSSR count). The summed E-state index contributed by atoms with van der Waals surface area (Å²) in [5.41, 5.74) is 2.21. The van der Waals surface area contributed by atoms with Gasteiger partial charge in [0.05, 0.1) is 24.8 Å². The number of sulfonamides is 1. The zero-order valence-corrected chi connectivity index (χ0v) is 16.7. The second-order valence-electron chi connectivity index (χ2n) is 6.47. The minimum absolute atomic E-state index is 0.109. The monoisotopic (exact) mass is 411 g/mol. The van der Waals surface area contributed by atoms with Crippen LogP contribution in [0.3, 0.4) is 0 Å². The summed E-state index contributed by atoms with van der Waals surface area (Å²) in [6, 6.07) is 14.8. The molecule has 0 N–H and O–H groups in total. The second-order valence-corrected chi connectivity index (χ2v) is 10.0. The van der Waals surface area contributed by atoms with Crippen LogP contribution in [-0.2, 0) is 30.9 Å². The normalized spacial score (nSPS) is 17.0. The third-order valence-electron chi connectivity index (χ3n) is 4.23. The van der Waals surface area contributed by atoms with Gasteiger partial charge in [0.1, 0.15) is 12.4 Å². The standard InChI is InChI=1S/C18H21NO6S2/c1-26(20,21)19-11-15(13-25-27(2,22)23)17-9-8-16(10-18(17)19)24-12-14-6-4-3-5-7-14/h3-10,15H,11-13H2,1-2H3. The number of fused-ring (bicyclic) bond motifs is 1. The molecule has 9 heteroatoms. The molecule has 1 unspecified atom stereocenters. The van der Waals surface area contributed by atoms with E-state index in [2.05, 4.69) is 0 Å². The van der Waals surface area contributed by atoms with Crippen molar-refractivity contribution in [3.8, 4) is 5.75 Å². The average Bonchev–Trinajstić information content (AvgIpc) is 2.97. The minimum atomic E-state index is -3.61. The van der Waals surface area contributed by atoms with Gasteiger partial charge in [-0.3, -0.25) is 8.49 Å². The van der Waals surface area contributed by atoms with Crippen molar-refractivity contribution in [3.63, 3.8) is 0 Å². The van der Waals surface area contributed by atoms with Crippen molar-refractivity contribution in [2.75, 3.05) is 30.0 Å². The van der Waals surface area contributed by atoms with Gasteiger partial charge < -0.3 is 4.74 Å². The smallest absolute Gasteiger partial charge is 0.264 e. The van der Waals surface area contributed by atoms with Crippen LogP contribution in [0.5, 0.6) is 5.75 Å². The molecular weight excluding hydrogens is 390 g/mol. The third-order valence-corrected chi connectivity index (χ3v) is 5.94. The molecule has 0 aliphatic carbocycles. The zero-order chi connectivity index (χ0) is 19.7. The SMILES string of the molecule is CS(=O)(=O)OCC1CN(S(C)(=O)=O)c2cc(OCc3ccccc3)ccc21. The zero-order valence-electron chi connectivity index (χ0n) is 15.0. The Kier molecular flexibility index (Phi) is 5.45. The molecule has 2 aromatic carbocycles. The Hall–Kier alpha value is -2.10. The molecule has 2 aromatic rings. The molecular formula is C18H21NO6S2. The van der Waals surface area contributed by atoms with E-state index < -0.39 is 20.1 Å². The number of nitrogens with zero attached hydrogens (tertiary/aromatic N) is 1. The van der Waals surface area contributed by atoms with Gasteiger partial charge in [-0.1, -0.05) is 36.4 Å². The van der Waals surface area contributed by atoms with E-state index in [1.807, 2.05) is 30.3 Å². The maximum atomic E-state index is 12.2. The van der Waals surface area contributed by atoms with Crippen molar-refractivity contribution in [2.24, 2.45) is 0 Å². The Balaban J connectivity index is 1.84. The van der Waals surface area contributed by atoms with E-state index in [1.54, 1.807) is 18.2 Å². The highest BCUT2D eigenvalue weighted by atomic mass is 32.2. The summed E-state index contributed by atoms with van der Waals surface area (Å²) in [6.45, 7) is 0.382. The molecule has 1 heterocycles. The fraction of sp³-hybridized carbons (Fsp3) is 0.333. The summed E-state index contributed by atoms with van der Waals surface area (Å²) in [5, 5.41) is 0. The van der Waals surface area contributed by atoms with Crippen LogP contribution >= 0.6 is 0 Å². The molecule has 1 aliphatic rings. The lowest BCUT2D eigenvalue weighted by Gasteiger charge is -2.17. The Morgan fingerprint density at radius 3 is 2.37 bits per heavy atom. The molecule has 0 fully saturated rings. The fourth-order valence-electron chi connectivity index (χ4n) is 2.97. The topological polar surface area (TPSA) is 90.0 Å². The molecule has 0 spiro atoms. The highest BCUT2D eigenvalue weighted by Gasteiger charge is 2.34.